The molecular formula is C29H30F6N4O2. The van der Waals surface area contributed by atoms with Crippen LogP contribution in [0.15, 0.2) is 48.7 Å². The highest BCUT2D eigenvalue weighted by Gasteiger charge is 2.45. The number of benzene rings is 2. The summed E-state index contributed by atoms with van der Waals surface area (Å²) in [5.41, 5.74) is -1.74. The summed E-state index contributed by atoms with van der Waals surface area (Å²) in [6.45, 7) is 4.39. The monoisotopic (exact) mass is 580 g/mol. The SMILES string of the molecule is O=C(c1cc(C(F)(F)F)cc(C(F)(F)F)c1)N1C[C@@H]2C[C@@H](N3CCOCC3)CN2C[C@H]1Cc1c[nH]c2ccccc12. The quantitative estimate of drug-likeness (QED) is 0.439. The first-order valence-corrected chi connectivity index (χ1v) is 13.7. The molecule has 6 nitrogen and oxygen atoms in total. The number of aromatic nitrogens is 1. The van der Waals surface area contributed by atoms with E-state index in [9.17, 15) is 31.1 Å². The molecule has 12 heteroatoms. The van der Waals surface area contributed by atoms with Crippen molar-refractivity contribution in [1.29, 1.82) is 0 Å². The zero-order valence-electron chi connectivity index (χ0n) is 22.1. The molecule has 3 aromatic rings. The van der Waals surface area contributed by atoms with Crippen LogP contribution >= 0.6 is 0 Å². The number of halogens is 6. The number of H-pyrrole nitrogens is 1. The number of amides is 1. The molecule has 1 N–H and O–H groups in total. The Hall–Kier alpha value is -3.09. The number of carbonyl (C=O) groups excluding carboxylic acids is 1. The van der Waals surface area contributed by atoms with Gasteiger partial charge in [0.25, 0.3) is 5.91 Å². The first-order valence-electron chi connectivity index (χ1n) is 13.7. The Morgan fingerprint density at radius 2 is 1.54 bits per heavy atom. The molecule has 1 aromatic heterocycles. The number of alkyl halides is 6. The van der Waals surface area contributed by atoms with Gasteiger partial charge in [0.15, 0.2) is 0 Å². The highest BCUT2D eigenvalue weighted by Crippen LogP contribution is 2.38. The Balaban J connectivity index is 1.34. The largest absolute Gasteiger partial charge is 0.416 e. The molecular weight excluding hydrogens is 550 g/mol. The van der Waals surface area contributed by atoms with Gasteiger partial charge in [-0.05, 0) is 42.7 Å². The average molecular weight is 581 g/mol. The van der Waals surface area contributed by atoms with Crippen LogP contribution in [0.3, 0.4) is 0 Å². The summed E-state index contributed by atoms with van der Waals surface area (Å²) in [5.74, 6) is -0.819. The van der Waals surface area contributed by atoms with E-state index in [1.165, 1.54) is 4.90 Å². The fourth-order valence-electron chi connectivity index (χ4n) is 6.55. The lowest BCUT2D eigenvalue weighted by Gasteiger charge is -2.44. The molecule has 2 aromatic carbocycles. The van der Waals surface area contributed by atoms with Gasteiger partial charge in [-0.1, -0.05) is 18.2 Å². The van der Waals surface area contributed by atoms with Crippen molar-refractivity contribution < 1.29 is 35.9 Å². The summed E-state index contributed by atoms with van der Waals surface area (Å²) >= 11 is 0. The Labute approximate surface area is 232 Å². The van der Waals surface area contributed by atoms with E-state index >= 15 is 0 Å². The van der Waals surface area contributed by atoms with Crippen LogP contribution in [0.2, 0.25) is 0 Å². The zero-order valence-corrected chi connectivity index (χ0v) is 22.1. The van der Waals surface area contributed by atoms with E-state index in [-0.39, 0.29) is 24.7 Å². The topological polar surface area (TPSA) is 51.8 Å². The van der Waals surface area contributed by atoms with Gasteiger partial charge in [0.2, 0.25) is 0 Å². The number of carbonyl (C=O) groups is 1. The van der Waals surface area contributed by atoms with Crippen molar-refractivity contribution in [3.8, 4) is 0 Å². The fraction of sp³-hybridized carbons (Fsp3) is 0.483. The molecule has 3 atom stereocenters. The van der Waals surface area contributed by atoms with E-state index in [0.717, 1.165) is 42.5 Å². The molecule has 0 bridgehead atoms. The summed E-state index contributed by atoms with van der Waals surface area (Å²) < 4.78 is 87.1. The minimum Gasteiger partial charge on any atom is -0.379 e. The fourth-order valence-corrected chi connectivity index (χ4v) is 6.55. The maximum Gasteiger partial charge on any atom is 0.416 e. The van der Waals surface area contributed by atoms with Gasteiger partial charge in [-0.15, -0.1) is 0 Å². The maximum absolute atomic E-state index is 13.9. The molecule has 220 valence electrons. The lowest BCUT2D eigenvalue weighted by molar-refractivity contribution is -0.143. The third-order valence-corrected chi connectivity index (χ3v) is 8.59. The van der Waals surface area contributed by atoms with Crippen LogP contribution in [-0.4, -0.2) is 89.7 Å². The summed E-state index contributed by atoms with van der Waals surface area (Å²) in [6, 6.07) is 8.57. The van der Waals surface area contributed by atoms with Gasteiger partial charge >= 0.3 is 12.4 Å². The molecule has 0 spiro atoms. The summed E-state index contributed by atoms with van der Waals surface area (Å²) in [5, 5.41) is 0.966. The van der Waals surface area contributed by atoms with Crippen molar-refractivity contribution in [2.24, 2.45) is 0 Å². The van der Waals surface area contributed by atoms with Gasteiger partial charge < -0.3 is 14.6 Å². The number of hydrogen-bond acceptors (Lipinski definition) is 4. The van der Waals surface area contributed by atoms with Crippen LogP contribution in [0, 0.1) is 0 Å². The van der Waals surface area contributed by atoms with Gasteiger partial charge in [-0.3, -0.25) is 14.6 Å². The van der Waals surface area contributed by atoms with E-state index in [1.54, 1.807) is 0 Å². The predicted octanol–water partition coefficient (Wildman–Crippen LogP) is 5.05. The Morgan fingerprint density at radius 3 is 2.22 bits per heavy atom. The molecule has 6 rings (SSSR count). The first-order chi connectivity index (χ1) is 19.5. The van der Waals surface area contributed by atoms with Gasteiger partial charge in [0.05, 0.1) is 24.3 Å². The number of para-hydroxylation sites is 1. The van der Waals surface area contributed by atoms with Crippen molar-refractivity contribution in [3.63, 3.8) is 0 Å². The second kappa shape index (κ2) is 10.6. The molecule has 0 saturated carbocycles. The predicted molar refractivity (Wildman–Crippen MR) is 139 cm³/mol. The first kappa shape index (κ1) is 28.0. The molecule has 3 fully saturated rings. The van der Waals surface area contributed by atoms with Crippen molar-refractivity contribution in [2.45, 2.75) is 43.3 Å². The van der Waals surface area contributed by atoms with Crippen LogP contribution in [-0.2, 0) is 23.5 Å². The van der Waals surface area contributed by atoms with Crippen molar-refractivity contribution >= 4 is 16.8 Å². The normalized spacial score (nSPS) is 24.6. The van der Waals surface area contributed by atoms with Crippen LogP contribution in [0.4, 0.5) is 26.3 Å². The van der Waals surface area contributed by atoms with E-state index in [1.807, 2.05) is 30.5 Å². The van der Waals surface area contributed by atoms with Crippen molar-refractivity contribution in [3.05, 3.63) is 70.9 Å². The number of hydrogen-bond donors (Lipinski definition) is 1. The molecule has 0 unspecified atom stereocenters. The van der Waals surface area contributed by atoms with E-state index in [0.29, 0.717) is 38.3 Å². The maximum atomic E-state index is 13.9. The lowest BCUT2D eigenvalue weighted by atomic mass is 9.97. The molecule has 0 radical (unpaired) electrons. The van der Waals surface area contributed by atoms with Crippen molar-refractivity contribution in [1.82, 2.24) is 19.7 Å². The summed E-state index contributed by atoms with van der Waals surface area (Å²) in [7, 11) is 0. The van der Waals surface area contributed by atoms with Gasteiger partial charge in [0, 0.05) is 73.5 Å². The zero-order chi connectivity index (χ0) is 28.9. The number of aromatic amines is 1. The van der Waals surface area contributed by atoms with Gasteiger partial charge in [-0.2, -0.15) is 26.3 Å². The van der Waals surface area contributed by atoms with Crippen LogP contribution in [0.1, 0.15) is 33.5 Å². The number of morpholine rings is 1. The number of fused-ring (bicyclic) bond motifs is 2. The number of rotatable bonds is 4. The third kappa shape index (κ3) is 5.69. The summed E-state index contributed by atoms with van der Waals surface area (Å²) in [6.07, 6.45) is -7.04. The highest BCUT2D eigenvalue weighted by molar-refractivity contribution is 5.95. The number of ether oxygens (including phenoxy) is 1. The van der Waals surface area contributed by atoms with Crippen LogP contribution < -0.4 is 0 Å². The second-order valence-electron chi connectivity index (χ2n) is 11.1. The Bertz CT molecular complexity index is 1380. The molecule has 0 aliphatic carbocycles. The minimum absolute atomic E-state index is 0.0427. The Morgan fingerprint density at radius 1 is 0.878 bits per heavy atom. The number of nitrogens with one attached hydrogen (secondary N) is 1. The molecule has 4 heterocycles. The minimum atomic E-state index is -5.03. The molecule has 3 aliphatic heterocycles. The van der Waals surface area contributed by atoms with E-state index in [4.69, 9.17) is 4.74 Å². The van der Waals surface area contributed by atoms with Crippen LogP contribution in [0.5, 0.6) is 0 Å². The molecule has 41 heavy (non-hydrogen) atoms. The lowest BCUT2D eigenvalue weighted by Crippen LogP contribution is -2.58. The van der Waals surface area contributed by atoms with E-state index < -0.39 is 41.0 Å². The molecule has 3 aliphatic rings. The van der Waals surface area contributed by atoms with Crippen LogP contribution in [0.25, 0.3) is 10.9 Å². The van der Waals surface area contributed by atoms with Gasteiger partial charge in [0.1, 0.15) is 0 Å². The molecule has 1 amide bonds. The second-order valence-corrected chi connectivity index (χ2v) is 11.1. The Kier molecular flexibility index (Phi) is 7.27. The molecule has 3 saturated heterocycles. The number of nitrogens with zero attached hydrogens (tertiary/aromatic N) is 3. The third-order valence-electron chi connectivity index (χ3n) is 8.59. The highest BCUT2D eigenvalue weighted by atomic mass is 19.4. The smallest absolute Gasteiger partial charge is 0.379 e. The van der Waals surface area contributed by atoms with E-state index in [2.05, 4.69) is 14.8 Å². The average Bonchev–Trinajstić information content (AvgIpc) is 3.55. The van der Waals surface area contributed by atoms with Crippen molar-refractivity contribution in [2.75, 3.05) is 45.9 Å². The summed E-state index contributed by atoms with van der Waals surface area (Å²) in [4.78, 5) is 23.3. The van der Waals surface area contributed by atoms with Gasteiger partial charge in [-0.25, -0.2) is 0 Å². The number of piperazine rings is 1. The standard InChI is InChI=1S/C29H30F6N4O2/c30-28(31,32)20-9-18(10-21(12-20)29(33,34)35)27(40)39-17-23-13-22(37-5-7-41-8-6-37)15-38(23)16-24(39)11-19-14-36-26-4-2-1-3-25(19)26/h1-4,9-10,12,14,22-24,36H,5-8,11,13,15-17H2/t22-,23+,24-/m1/s1.